The van der Waals surface area contributed by atoms with E-state index < -0.39 is 0 Å². The van der Waals surface area contributed by atoms with Crippen molar-refractivity contribution in [1.82, 2.24) is 5.32 Å². The monoisotopic (exact) mass is 375 g/mol. The second kappa shape index (κ2) is 7.42. The molecule has 4 bridgehead atoms. The molecule has 1 aromatic rings. The lowest BCUT2D eigenvalue weighted by Crippen LogP contribution is -3.11. The normalized spacial score (nSPS) is 32.3. The quantitative estimate of drug-likeness (QED) is 0.768. The number of benzene rings is 1. The number of methoxy groups -OCH3 is 1. The first-order valence-corrected chi connectivity index (χ1v) is 10.5. The minimum atomic E-state index is -0.344. The van der Waals surface area contributed by atoms with E-state index in [2.05, 4.69) is 12.2 Å². The van der Waals surface area contributed by atoms with Crippen LogP contribution in [0.5, 0.6) is 5.75 Å². The molecule has 1 aromatic carbocycles. The zero-order valence-electron chi connectivity index (χ0n) is 16.5. The van der Waals surface area contributed by atoms with E-state index in [9.17, 15) is 9.18 Å². The molecule has 27 heavy (non-hydrogen) atoms. The molecule has 0 saturated heterocycles. The van der Waals surface area contributed by atoms with E-state index in [0.717, 1.165) is 34.8 Å². The van der Waals surface area contributed by atoms with E-state index >= 15 is 0 Å². The van der Waals surface area contributed by atoms with Gasteiger partial charge in [-0.15, -0.1) is 0 Å². The first-order valence-electron chi connectivity index (χ1n) is 10.5. The summed E-state index contributed by atoms with van der Waals surface area (Å²) in [5, 5.41) is 3.45. The molecule has 0 spiro atoms. The average molecular weight is 376 g/mol. The van der Waals surface area contributed by atoms with Crippen molar-refractivity contribution < 1.29 is 18.8 Å². The Balaban J connectivity index is 1.36. The Hall–Kier alpha value is -1.62. The fraction of sp³-hybridized carbons (Fsp3) is 0.682. The van der Waals surface area contributed by atoms with E-state index in [1.54, 1.807) is 6.07 Å². The van der Waals surface area contributed by atoms with Gasteiger partial charge in [0.15, 0.2) is 18.1 Å². The minimum absolute atomic E-state index is 0.0664. The second-order valence-corrected chi connectivity index (χ2v) is 9.17. The number of nitrogens with one attached hydrogen (secondary N) is 2. The molecule has 0 aromatic heterocycles. The topological polar surface area (TPSA) is 42.8 Å². The summed E-state index contributed by atoms with van der Waals surface area (Å²) < 4.78 is 18.9. The molecule has 148 valence electrons. The minimum Gasteiger partial charge on any atom is -0.494 e. The smallest absolute Gasteiger partial charge is 0.275 e. The van der Waals surface area contributed by atoms with E-state index in [-0.39, 0.29) is 23.0 Å². The third kappa shape index (κ3) is 3.98. The highest BCUT2D eigenvalue weighted by Gasteiger charge is 2.51. The predicted molar refractivity (Wildman–Crippen MR) is 102 cm³/mol. The summed E-state index contributed by atoms with van der Waals surface area (Å²) in [5.74, 6) is 2.55. The molecule has 4 fully saturated rings. The third-order valence-electron chi connectivity index (χ3n) is 7.02. The number of hydrogen-bond donors (Lipinski definition) is 2. The molecule has 4 aliphatic rings. The summed E-state index contributed by atoms with van der Waals surface area (Å²) in [6.07, 6.45) is 7.67. The van der Waals surface area contributed by atoms with Gasteiger partial charge in [-0.05, 0) is 81.4 Å². The molecule has 4 saturated carbocycles. The summed E-state index contributed by atoms with van der Waals surface area (Å²) in [7, 11) is 1.47. The van der Waals surface area contributed by atoms with E-state index in [4.69, 9.17) is 4.74 Å². The molecule has 0 radical (unpaired) electrons. The number of carbonyl (C=O) groups excluding carboxylic acids is 1. The summed E-state index contributed by atoms with van der Waals surface area (Å²) in [6.45, 7) is 4.01. The van der Waals surface area contributed by atoms with Crippen molar-refractivity contribution in [3.63, 3.8) is 0 Å². The fourth-order valence-corrected chi connectivity index (χ4v) is 6.25. The summed E-state index contributed by atoms with van der Waals surface area (Å²) >= 11 is 0. The standard InChI is InChI=1S/C22H31FN2O2/c1-3-25(13-15-4-5-20(27-2)19(23)9-15)14-21(26)24-22-10-16-6-17(11-22)8-18(7-16)12-22/h4-5,9,16-18H,3,6-8,10-14H2,1-2H3,(H,24,26)/p+1. The van der Waals surface area contributed by atoms with Crippen LogP contribution in [0.2, 0.25) is 0 Å². The number of hydrogen-bond acceptors (Lipinski definition) is 2. The van der Waals surface area contributed by atoms with Crippen molar-refractivity contribution in [2.75, 3.05) is 20.2 Å². The zero-order valence-corrected chi connectivity index (χ0v) is 16.5. The molecular formula is C22H32FN2O2+. The number of ether oxygens (including phenoxy) is 1. The number of likely N-dealkylation sites (N-methyl/N-ethyl adjacent to an activating group) is 1. The maximum Gasteiger partial charge on any atom is 0.275 e. The van der Waals surface area contributed by atoms with Crippen molar-refractivity contribution in [2.45, 2.75) is 57.5 Å². The van der Waals surface area contributed by atoms with Crippen LogP contribution in [-0.2, 0) is 11.3 Å². The lowest BCUT2D eigenvalue weighted by atomic mass is 9.53. The van der Waals surface area contributed by atoms with Gasteiger partial charge in [0.05, 0.1) is 13.7 Å². The lowest BCUT2D eigenvalue weighted by Gasteiger charge is -2.56. The molecule has 1 amide bonds. The Labute approximate surface area is 161 Å². The Morgan fingerprint density at radius 2 is 1.85 bits per heavy atom. The van der Waals surface area contributed by atoms with E-state index in [0.29, 0.717) is 13.1 Å². The van der Waals surface area contributed by atoms with Crippen molar-refractivity contribution >= 4 is 5.91 Å². The van der Waals surface area contributed by atoms with Crippen LogP contribution in [-0.4, -0.2) is 31.6 Å². The molecule has 1 unspecified atom stereocenters. The number of carbonyl (C=O) groups is 1. The molecule has 0 aliphatic heterocycles. The van der Waals surface area contributed by atoms with Crippen LogP contribution in [0.3, 0.4) is 0 Å². The zero-order chi connectivity index (χ0) is 19.0. The molecule has 5 heteroatoms. The molecule has 1 atom stereocenters. The highest BCUT2D eigenvalue weighted by molar-refractivity contribution is 5.77. The van der Waals surface area contributed by atoms with Crippen molar-refractivity contribution in [2.24, 2.45) is 17.8 Å². The Morgan fingerprint density at radius 3 is 2.37 bits per heavy atom. The average Bonchev–Trinajstić information content (AvgIpc) is 2.59. The van der Waals surface area contributed by atoms with E-state index in [1.165, 1.54) is 51.7 Å². The van der Waals surface area contributed by atoms with Gasteiger partial charge in [0, 0.05) is 11.1 Å². The van der Waals surface area contributed by atoms with Crippen molar-refractivity contribution in [3.8, 4) is 5.75 Å². The van der Waals surface area contributed by atoms with Gasteiger partial charge in [-0.3, -0.25) is 4.79 Å². The van der Waals surface area contributed by atoms with Crippen LogP contribution in [0.15, 0.2) is 18.2 Å². The molecule has 5 rings (SSSR count). The van der Waals surface area contributed by atoms with Gasteiger partial charge in [-0.2, -0.15) is 0 Å². The Bertz CT molecular complexity index is 670. The SMILES string of the molecule is CC[NH+](CC(=O)NC12CC3CC(CC(C3)C1)C2)Cc1ccc(OC)c(F)c1. The Kier molecular flexibility index (Phi) is 5.15. The second-order valence-electron chi connectivity index (χ2n) is 9.17. The van der Waals surface area contributed by atoms with Crippen LogP contribution in [0.4, 0.5) is 4.39 Å². The van der Waals surface area contributed by atoms with Gasteiger partial charge in [-0.1, -0.05) is 0 Å². The maximum absolute atomic E-state index is 13.9. The first-order chi connectivity index (χ1) is 13.0. The highest BCUT2D eigenvalue weighted by Crippen LogP contribution is 2.55. The van der Waals surface area contributed by atoms with Gasteiger partial charge in [0.1, 0.15) is 6.54 Å². The summed E-state index contributed by atoms with van der Waals surface area (Å²) in [5.41, 5.74) is 0.962. The van der Waals surface area contributed by atoms with Crippen LogP contribution >= 0.6 is 0 Å². The first kappa shape index (κ1) is 18.7. The van der Waals surface area contributed by atoms with E-state index in [1.807, 2.05) is 6.07 Å². The molecular weight excluding hydrogens is 343 g/mol. The molecule has 2 N–H and O–H groups in total. The van der Waals surface area contributed by atoms with Gasteiger partial charge in [-0.25, -0.2) is 4.39 Å². The van der Waals surface area contributed by atoms with Crippen molar-refractivity contribution in [3.05, 3.63) is 29.6 Å². The van der Waals surface area contributed by atoms with Gasteiger partial charge < -0.3 is 15.0 Å². The van der Waals surface area contributed by atoms with Crippen LogP contribution < -0.4 is 15.0 Å². The number of quaternary nitrogens is 1. The van der Waals surface area contributed by atoms with Crippen molar-refractivity contribution in [1.29, 1.82) is 0 Å². The van der Waals surface area contributed by atoms with Crippen LogP contribution in [0, 0.1) is 23.6 Å². The van der Waals surface area contributed by atoms with Crippen LogP contribution in [0.1, 0.15) is 51.0 Å². The third-order valence-corrected chi connectivity index (χ3v) is 7.02. The molecule has 0 heterocycles. The highest BCUT2D eigenvalue weighted by atomic mass is 19.1. The fourth-order valence-electron chi connectivity index (χ4n) is 6.25. The predicted octanol–water partition coefficient (Wildman–Crippen LogP) is 2.32. The lowest BCUT2D eigenvalue weighted by molar-refractivity contribution is -0.904. The summed E-state index contributed by atoms with van der Waals surface area (Å²) in [4.78, 5) is 14.0. The number of rotatable bonds is 7. The van der Waals surface area contributed by atoms with Gasteiger partial charge in [0.25, 0.3) is 5.91 Å². The van der Waals surface area contributed by atoms with Crippen LogP contribution in [0.25, 0.3) is 0 Å². The maximum atomic E-state index is 13.9. The number of halogens is 1. The van der Waals surface area contributed by atoms with Gasteiger partial charge in [0.2, 0.25) is 0 Å². The number of amides is 1. The summed E-state index contributed by atoms with van der Waals surface area (Å²) in [6, 6.07) is 5.06. The van der Waals surface area contributed by atoms with Gasteiger partial charge >= 0.3 is 0 Å². The Morgan fingerprint density at radius 1 is 1.22 bits per heavy atom. The molecule has 4 nitrogen and oxygen atoms in total. The largest absolute Gasteiger partial charge is 0.494 e. The molecule has 4 aliphatic carbocycles.